The Kier molecular flexibility index (Phi) is 4.93. The van der Waals surface area contributed by atoms with Gasteiger partial charge >= 0.3 is 0 Å². The fourth-order valence-electron chi connectivity index (χ4n) is 2.82. The van der Waals surface area contributed by atoms with Crippen molar-refractivity contribution >= 4 is 5.91 Å². The van der Waals surface area contributed by atoms with Crippen LogP contribution in [0.2, 0.25) is 0 Å². The van der Waals surface area contributed by atoms with Gasteiger partial charge in [-0.2, -0.15) is 0 Å². The maximum absolute atomic E-state index is 13.0. The molecule has 120 valence electrons. The zero-order valence-corrected chi connectivity index (χ0v) is 13.3. The van der Waals surface area contributed by atoms with Crippen molar-refractivity contribution in [3.05, 3.63) is 66.2 Å². The molecule has 0 saturated carbocycles. The van der Waals surface area contributed by atoms with Gasteiger partial charge in [0, 0.05) is 31.2 Å². The molecule has 4 nitrogen and oxygen atoms in total. The van der Waals surface area contributed by atoms with E-state index in [1.54, 1.807) is 0 Å². The zero-order valence-electron chi connectivity index (χ0n) is 13.3. The summed E-state index contributed by atoms with van der Waals surface area (Å²) in [7, 11) is 0. The Morgan fingerprint density at radius 1 is 1.13 bits per heavy atom. The van der Waals surface area contributed by atoms with Gasteiger partial charge in [0.2, 0.25) is 6.10 Å². The number of rotatable bonds is 4. The third-order valence-electron chi connectivity index (χ3n) is 4.00. The average Bonchev–Trinajstić information content (AvgIpc) is 2.61. The molecule has 1 saturated heterocycles. The summed E-state index contributed by atoms with van der Waals surface area (Å²) < 4.78 is 6.04. The highest BCUT2D eigenvalue weighted by Crippen LogP contribution is 2.24. The summed E-state index contributed by atoms with van der Waals surface area (Å²) in [5.41, 5.74) is 0.882. The van der Waals surface area contributed by atoms with Crippen molar-refractivity contribution in [2.45, 2.75) is 19.1 Å². The van der Waals surface area contributed by atoms with E-state index in [2.05, 4.69) is 12.2 Å². The molecule has 0 aliphatic carbocycles. The van der Waals surface area contributed by atoms with Crippen molar-refractivity contribution in [2.24, 2.45) is 0 Å². The Morgan fingerprint density at radius 3 is 2.43 bits per heavy atom. The van der Waals surface area contributed by atoms with Gasteiger partial charge in [0.25, 0.3) is 5.91 Å². The summed E-state index contributed by atoms with van der Waals surface area (Å²) in [6.45, 7) is 4.33. The van der Waals surface area contributed by atoms with Gasteiger partial charge in [0.05, 0.1) is 0 Å². The molecule has 2 aromatic rings. The summed E-state index contributed by atoms with van der Waals surface area (Å²) >= 11 is 0. The Morgan fingerprint density at radius 2 is 1.78 bits per heavy atom. The third-order valence-corrected chi connectivity index (χ3v) is 4.00. The lowest BCUT2D eigenvalue weighted by Crippen LogP contribution is -2.53. The smallest absolute Gasteiger partial charge is 0.268 e. The Hall–Kier alpha value is -2.33. The highest BCUT2D eigenvalue weighted by molar-refractivity contribution is 5.83. The summed E-state index contributed by atoms with van der Waals surface area (Å²) in [5, 5.41) is 3.36. The number of carbonyl (C=O) groups excluding carboxylic acids is 1. The molecule has 3 rings (SSSR count). The maximum atomic E-state index is 13.0. The fraction of sp³-hybridized carbons (Fsp3) is 0.316. The number of hydrogen-bond acceptors (Lipinski definition) is 3. The molecule has 0 aromatic heterocycles. The molecule has 1 heterocycles. The lowest BCUT2D eigenvalue weighted by molar-refractivity contribution is -0.140. The van der Waals surface area contributed by atoms with Crippen LogP contribution >= 0.6 is 0 Å². The van der Waals surface area contributed by atoms with Crippen LogP contribution in [0.1, 0.15) is 18.6 Å². The molecule has 1 fully saturated rings. The van der Waals surface area contributed by atoms with Gasteiger partial charge in [-0.3, -0.25) is 4.79 Å². The van der Waals surface area contributed by atoms with E-state index >= 15 is 0 Å². The third kappa shape index (κ3) is 3.90. The lowest BCUT2D eigenvalue weighted by Gasteiger charge is -2.34. The van der Waals surface area contributed by atoms with Gasteiger partial charge in [-0.15, -0.1) is 0 Å². The Balaban J connectivity index is 1.84. The normalized spacial score (nSPS) is 19.2. The first-order valence-electron chi connectivity index (χ1n) is 8.03. The Labute approximate surface area is 137 Å². The lowest BCUT2D eigenvalue weighted by atomic mass is 10.1. The molecule has 2 aromatic carbocycles. The van der Waals surface area contributed by atoms with Crippen LogP contribution in [0.25, 0.3) is 0 Å². The van der Waals surface area contributed by atoms with Crippen LogP contribution in [0.15, 0.2) is 60.7 Å². The second-order valence-corrected chi connectivity index (χ2v) is 5.86. The second kappa shape index (κ2) is 7.29. The predicted octanol–water partition coefficient (Wildman–Crippen LogP) is 2.63. The largest absolute Gasteiger partial charge is 0.476 e. The molecule has 0 bridgehead atoms. The highest BCUT2D eigenvalue weighted by atomic mass is 16.5. The molecule has 0 radical (unpaired) electrons. The molecule has 1 aliphatic heterocycles. The monoisotopic (exact) mass is 310 g/mol. The maximum Gasteiger partial charge on any atom is 0.268 e. The van der Waals surface area contributed by atoms with E-state index in [-0.39, 0.29) is 5.91 Å². The first kappa shape index (κ1) is 15.6. The van der Waals surface area contributed by atoms with Gasteiger partial charge in [-0.1, -0.05) is 48.5 Å². The SMILES string of the molecule is CC1CN(C(=O)C(Oc2ccccc2)c2ccccc2)CCN1. The van der Waals surface area contributed by atoms with Crippen LogP contribution in [0.5, 0.6) is 5.75 Å². The van der Waals surface area contributed by atoms with Crippen LogP contribution in [0.3, 0.4) is 0 Å². The number of nitrogens with one attached hydrogen (secondary N) is 1. The molecule has 2 unspecified atom stereocenters. The van der Waals surface area contributed by atoms with Crippen LogP contribution in [-0.2, 0) is 4.79 Å². The van der Waals surface area contributed by atoms with Crippen molar-refractivity contribution in [1.29, 1.82) is 0 Å². The molecule has 1 aliphatic rings. The van der Waals surface area contributed by atoms with E-state index in [1.807, 2.05) is 65.6 Å². The molecule has 4 heteroatoms. The minimum atomic E-state index is -0.608. The topological polar surface area (TPSA) is 41.6 Å². The summed E-state index contributed by atoms with van der Waals surface area (Å²) in [5.74, 6) is 0.728. The molecule has 1 amide bonds. The molecular formula is C19H22N2O2. The van der Waals surface area contributed by atoms with Gasteiger partial charge in [-0.05, 0) is 19.1 Å². The number of benzene rings is 2. The number of amides is 1. The highest BCUT2D eigenvalue weighted by Gasteiger charge is 2.30. The molecular weight excluding hydrogens is 288 g/mol. The van der Waals surface area contributed by atoms with E-state index in [0.717, 1.165) is 12.1 Å². The predicted molar refractivity (Wildman–Crippen MR) is 90.3 cm³/mol. The summed E-state index contributed by atoms with van der Waals surface area (Å²) in [6.07, 6.45) is -0.608. The van der Waals surface area contributed by atoms with Crippen molar-refractivity contribution in [3.8, 4) is 5.75 Å². The Bertz CT molecular complexity index is 630. The van der Waals surface area contributed by atoms with Gasteiger partial charge in [-0.25, -0.2) is 0 Å². The number of para-hydroxylation sites is 1. The second-order valence-electron chi connectivity index (χ2n) is 5.86. The van der Waals surface area contributed by atoms with E-state index in [1.165, 1.54) is 0 Å². The fourth-order valence-corrected chi connectivity index (χ4v) is 2.82. The number of hydrogen-bond donors (Lipinski definition) is 1. The van der Waals surface area contributed by atoms with Crippen molar-refractivity contribution < 1.29 is 9.53 Å². The minimum absolute atomic E-state index is 0.0217. The molecule has 1 N–H and O–H groups in total. The van der Waals surface area contributed by atoms with Crippen molar-refractivity contribution in [1.82, 2.24) is 10.2 Å². The molecule has 2 atom stereocenters. The number of piperazine rings is 1. The number of ether oxygens (including phenoxy) is 1. The summed E-state index contributed by atoms with van der Waals surface area (Å²) in [6, 6.07) is 19.5. The van der Waals surface area contributed by atoms with Crippen molar-refractivity contribution in [3.63, 3.8) is 0 Å². The van der Waals surface area contributed by atoms with Crippen LogP contribution in [0.4, 0.5) is 0 Å². The molecule has 0 spiro atoms. The van der Waals surface area contributed by atoms with Gasteiger partial charge in [0.15, 0.2) is 0 Å². The van der Waals surface area contributed by atoms with Crippen LogP contribution < -0.4 is 10.1 Å². The van der Waals surface area contributed by atoms with E-state index in [9.17, 15) is 4.79 Å². The van der Waals surface area contributed by atoms with Gasteiger partial charge in [0.1, 0.15) is 5.75 Å². The first-order chi connectivity index (χ1) is 11.2. The molecule has 23 heavy (non-hydrogen) atoms. The minimum Gasteiger partial charge on any atom is -0.476 e. The van der Waals surface area contributed by atoms with Crippen LogP contribution in [-0.4, -0.2) is 36.5 Å². The van der Waals surface area contributed by atoms with E-state index in [4.69, 9.17) is 4.74 Å². The number of carbonyl (C=O) groups is 1. The zero-order chi connectivity index (χ0) is 16.1. The van der Waals surface area contributed by atoms with E-state index in [0.29, 0.717) is 24.9 Å². The van der Waals surface area contributed by atoms with E-state index < -0.39 is 6.10 Å². The standard InChI is InChI=1S/C19H22N2O2/c1-15-14-21(13-12-20-15)19(22)18(16-8-4-2-5-9-16)23-17-10-6-3-7-11-17/h2-11,15,18,20H,12-14H2,1H3. The van der Waals surface area contributed by atoms with Crippen molar-refractivity contribution in [2.75, 3.05) is 19.6 Å². The summed E-state index contributed by atoms with van der Waals surface area (Å²) in [4.78, 5) is 14.9. The average molecular weight is 310 g/mol. The first-order valence-corrected chi connectivity index (χ1v) is 8.03. The van der Waals surface area contributed by atoms with Gasteiger partial charge < -0.3 is 15.0 Å². The number of nitrogens with zero attached hydrogens (tertiary/aromatic N) is 1. The quantitative estimate of drug-likeness (QED) is 0.944. The van der Waals surface area contributed by atoms with Crippen LogP contribution in [0, 0.1) is 0 Å².